The first kappa shape index (κ1) is 17.6. The first-order valence-corrected chi connectivity index (χ1v) is 9.98. The summed E-state index contributed by atoms with van der Waals surface area (Å²) in [6, 6.07) is 9.60. The van der Waals surface area contributed by atoms with Crippen LogP contribution in [0.3, 0.4) is 0 Å². The van der Waals surface area contributed by atoms with Crippen LogP contribution in [0.5, 0.6) is 0 Å². The first-order chi connectivity index (χ1) is 13.8. The van der Waals surface area contributed by atoms with E-state index in [9.17, 15) is 4.79 Å². The number of nitrogens with zero attached hydrogens (tertiary/aromatic N) is 4. The van der Waals surface area contributed by atoms with Crippen LogP contribution in [0.1, 0.15) is 55.5 Å². The number of urea groups is 1. The summed E-state index contributed by atoms with van der Waals surface area (Å²) in [5, 5.41) is 9.80. The molecule has 3 aliphatic rings. The number of hydroxylamine groups is 2. The Morgan fingerprint density at radius 3 is 2.71 bits per heavy atom. The molecule has 0 radical (unpaired) electrons. The van der Waals surface area contributed by atoms with Crippen molar-refractivity contribution in [1.29, 1.82) is 0 Å². The van der Waals surface area contributed by atoms with Crippen molar-refractivity contribution in [3.63, 3.8) is 0 Å². The summed E-state index contributed by atoms with van der Waals surface area (Å²) in [5.41, 5.74) is 1.04. The Balaban J connectivity index is 1.21. The zero-order valence-electron chi connectivity index (χ0n) is 15.7. The van der Waals surface area contributed by atoms with E-state index in [1.54, 1.807) is 4.90 Å². The molecule has 0 unspecified atom stereocenters. The van der Waals surface area contributed by atoms with Crippen LogP contribution in [-0.4, -0.2) is 44.9 Å². The maximum atomic E-state index is 12.9. The van der Waals surface area contributed by atoms with E-state index in [2.05, 4.69) is 10.2 Å². The van der Waals surface area contributed by atoms with E-state index in [0.29, 0.717) is 37.6 Å². The fourth-order valence-corrected chi connectivity index (χ4v) is 3.96. The van der Waals surface area contributed by atoms with Gasteiger partial charge in [-0.1, -0.05) is 30.3 Å². The van der Waals surface area contributed by atoms with E-state index < -0.39 is 0 Å². The maximum Gasteiger partial charge on any atom is 0.345 e. The zero-order valence-corrected chi connectivity index (χ0v) is 15.7. The summed E-state index contributed by atoms with van der Waals surface area (Å²) < 4.78 is 11.5. The summed E-state index contributed by atoms with van der Waals surface area (Å²) in [4.78, 5) is 20.5. The van der Waals surface area contributed by atoms with Gasteiger partial charge in [-0.2, -0.15) is 5.06 Å². The van der Waals surface area contributed by atoms with E-state index in [4.69, 9.17) is 14.0 Å². The molecule has 1 aromatic heterocycles. The molecule has 0 spiro atoms. The Hall–Kier alpha value is -2.45. The molecule has 3 fully saturated rings. The SMILES string of the molecule is O=C1N2C[C@@H](CC[C@H]2c2nnc(COC3CCC3)o2)N1OCc1ccccc1. The van der Waals surface area contributed by atoms with Gasteiger partial charge in [-0.25, -0.2) is 4.79 Å². The molecular formula is C20H24N4O4. The maximum absolute atomic E-state index is 12.9. The number of rotatable bonds is 7. The normalized spacial score (nSPS) is 24.6. The molecule has 2 aliphatic heterocycles. The van der Waals surface area contributed by atoms with E-state index >= 15 is 0 Å². The molecule has 8 heteroatoms. The Morgan fingerprint density at radius 1 is 1.07 bits per heavy atom. The molecule has 1 saturated carbocycles. The van der Waals surface area contributed by atoms with E-state index in [-0.39, 0.29) is 18.1 Å². The minimum atomic E-state index is -0.195. The molecule has 2 saturated heterocycles. The third-order valence-electron chi connectivity index (χ3n) is 5.80. The minimum Gasteiger partial charge on any atom is -0.420 e. The molecule has 28 heavy (non-hydrogen) atoms. The summed E-state index contributed by atoms with van der Waals surface area (Å²) in [7, 11) is 0. The second-order valence-electron chi connectivity index (χ2n) is 7.66. The predicted molar refractivity (Wildman–Crippen MR) is 97.7 cm³/mol. The third kappa shape index (κ3) is 3.38. The number of carbonyl (C=O) groups excluding carboxylic acids is 1. The smallest absolute Gasteiger partial charge is 0.345 e. The van der Waals surface area contributed by atoms with E-state index in [1.165, 1.54) is 11.5 Å². The number of carbonyl (C=O) groups is 1. The zero-order chi connectivity index (χ0) is 18.9. The minimum absolute atomic E-state index is 0.0665. The van der Waals surface area contributed by atoms with Crippen LogP contribution in [0, 0.1) is 0 Å². The van der Waals surface area contributed by atoms with Crippen LogP contribution in [0.15, 0.2) is 34.7 Å². The van der Waals surface area contributed by atoms with Gasteiger partial charge in [0, 0.05) is 6.54 Å². The quantitative estimate of drug-likeness (QED) is 0.729. The molecule has 3 heterocycles. The van der Waals surface area contributed by atoms with Gasteiger partial charge in [0.05, 0.1) is 12.1 Å². The van der Waals surface area contributed by atoms with Crippen LogP contribution >= 0.6 is 0 Å². The van der Waals surface area contributed by atoms with Crippen LogP contribution in [0.25, 0.3) is 0 Å². The highest BCUT2D eigenvalue weighted by Crippen LogP contribution is 2.38. The van der Waals surface area contributed by atoms with E-state index in [0.717, 1.165) is 31.2 Å². The second kappa shape index (κ2) is 7.52. The number of aromatic nitrogens is 2. The molecule has 1 aromatic carbocycles. The lowest BCUT2D eigenvalue weighted by Crippen LogP contribution is -2.34. The number of benzene rings is 1. The third-order valence-corrected chi connectivity index (χ3v) is 5.80. The van der Waals surface area contributed by atoms with Gasteiger partial charge in [0.2, 0.25) is 11.8 Å². The molecular weight excluding hydrogens is 360 g/mol. The van der Waals surface area contributed by atoms with Crippen molar-refractivity contribution < 1.29 is 18.8 Å². The van der Waals surface area contributed by atoms with Gasteiger partial charge in [0.15, 0.2) is 0 Å². The largest absolute Gasteiger partial charge is 0.420 e. The van der Waals surface area contributed by atoms with Crippen molar-refractivity contribution in [2.45, 2.75) is 63.5 Å². The molecule has 2 aromatic rings. The van der Waals surface area contributed by atoms with Crippen molar-refractivity contribution in [3.8, 4) is 0 Å². The number of hydrogen-bond acceptors (Lipinski definition) is 6. The number of amides is 2. The Kier molecular flexibility index (Phi) is 4.74. The Labute approximate surface area is 163 Å². The standard InChI is InChI=1S/C20H24N4O4/c25-20-23-11-15(24(20)27-12-14-5-2-1-3-6-14)9-10-17(23)19-22-21-18(28-19)13-26-16-7-4-8-16/h1-3,5-6,15-17H,4,7-13H2/t15-,17+/m1/s1. The molecule has 2 bridgehead atoms. The average Bonchev–Trinajstić information content (AvgIpc) is 3.24. The fraction of sp³-hybridized carbons (Fsp3) is 0.550. The number of fused-ring (bicyclic) bond motifs is 2. The molecule has 8 nitrogen and oxygen atoms in total. The Bertz CT molecular complexity index is 823. The molecule has 0 N–H and O–H groups in total. The fourth-order valence-electron chi connectivity index (χ4n) is 3.96. The molecule has 148 valence electrons. The number of piperidine rings is 1. The summed E-state index contributed by atoms with van der Waals surface area (Å²) in [6.07, 6.45) is 5.38. The average molecular weight is 384 g/mol. The van der Waals surface area contributed by atoms with E-state index in [1.807, 2.05) is 30.3 Å². The van der Waals surface area contributed by atoms with Gasteiger partial charge < -0.3 is 14.1 Å². The first-order valence-electron chi connectivity index (χ1n) is 9.98. The van der Waals surface area contributed by atoms with Crippen molar-refractivity contribution in [3.05, 3.63) is 47.7 Å². The molecule has 2 atom stereocenters. The predicted octanol–water partition coefficient (Wildman–Crippen LogP) is 3.21. The van der Waals surface area contributed by atoms with Gasteiger partial charge in [-0.15, -0.1) is 10.2 Å². The van der Waals surface area contributed by atoms with Gasteiger partial charge >= 0.3 is 6.03 Å². The highest BCUT2D eigenvalue weighted by atomic mass is 16.7. The Morgan fingerprint density at radius 2 is 1.93 bits per heavy atom. The van der Waals surface area contributed by atoms with Gasteiger partial charge in [0.25, 0.3) is 0 Å². The molecule has 1 aliphatic carbocycles. The van der Waals surface area contributed by atoms with Gasteiger partial charge in [-0.05, 0) is 37.7 Å². The lowest BCUT2D eigenvalue weighted by Gasteiger charge is -2.27. The van der Waals surface area contributed by atoms with Crippen LogP contribution in [0.4, 0.5) is 4.79 Å². The molecule has 5 rings (SSSR count). The second-order valence-corrected chi connectivity index (χ2v) is 7.66. The summed E-state index contributed by atoms with van der Waals surface area (Å²) in [5.74, 6) is 0.969. The monoisotopic (exact) mass is 384 g/mol. The van der Waals surface area contributed by atoms with Crippen molar-refractivity contribution in [2.75, 3.05) is 6.54 Å². The van der Waals surface area contributed by atoms with Crippen molar-refractivity contribution in [2.24, 2.45) is 0 Å². The van der Waals surface area contributed by atoms with Gasteiger partial charge in [0.1, 0.15) is 19.3 Å². The van der Waals surface area contributed by atoms with Gasteiger partial charge in [-0.3, -0.25) is 4.84 Å². The lowest BCUT2D eigenvalue weighted by molar-refractivity contribution is -0.140. The number of hydrogen-bond donors (Lipinski definition) is 0. The van der Waals surface area contributed by atoms with Crippen molar-refractivity contribution >= 4 is 6.03 Å². The lowest BCUT2D eigenvalue weighted by atomic mass is 9.96. The molecule has 2 amide bonds. The number of ether oxygens (including phenoxy) is 1. The highest BCUT2D eigenvalue weighted by Gasteiger charge is 2.47. The highest BCUT2D eigenvalue weighted by molar-refractivity contribution is 5.77. The summed E-state index contributed by atoms with van der Waals surface area (Å²) in [6.45, 7) is 1.34. The topological polar surface area (TPSA) is 80.9 Å². The van der Waals surface area contributed by atoms with Crippen LogP contribution in [-0.2, 0) is 22.8 Å². The van der Waals surface area contributed by atoms with Crippen LogP contribution < -0.4 is 0 Å². The van der Waals surface area contributed by atoms with Crippen molar-refractivity contribution in [1.82, 2.24) is 20.2 Å². The summed E-state index contributed by atoms with van der Waals surface area (Å²) >= 11 is 0. The van der Waals surface area contributed by atoms with Crippen LogP contribution in [0.2, 0.25) is 0 Å².